The average Bonchev–Trinajstić information content (AvgIpc) is 2.82. The Hall–Kier alpha value is -2.34. The minimum atomic E-state index is -1.08. The quantitative estimate of drug-likeness (QED) is 0.616. The second-order valence-electron chi connectivity index (χ2n) is 4.84. The fourth-order valence-electron chi connectivity index (χ4n) is 2.00. The Kier molecular flexibility index (Phi) is 7.12. The van der Waals surface area contributed by atoms with Crippen molar-refractivity contribution < 1.29 is 25.2 Å². The van der Waals surface area contributed by atoms with Gasteiger partial charge in [-0.05, 0) is 37.1 Å². The van der Waals surface area contributed by atoms with Gasteiger partial charge in [0.25, 0.3) is 0 Å². The summed E-state index contributed by atoms with van der Waals surface area (Å²) in [5, 5.41) is 10.0. The van der Waals surface area contributed by atoms with Crippen molar-refractivity contribution in [3.8, 4) is 5.75 Å². The van der Waals surface area contributed by atoms with E-state index >= 15 is 0 Å². The number of esters is 1. The first-order valence-electron chi connectivity index (χ1n) is 7.25. The molecule has 0 unspecified atom stereocenters. The van der Waals surface area contributed by atoms with Gasteiger partial charge < -0.3 is 25.4 Å². The number of carboxylic acid groups (broad SMARTS) is 1. The van der Waals surface area contributed by atoms with E-state index in [1.165, 1.54) is 5.56 Å². The molecule has 0 aliphatic carbocycles. The first-order valence-corrected chi connectivity index (χ1v) is 7.25. The van der Waals surface area contributed by atoms with Crippen LogP contribution >= 0.6 is 0 Å². The minimum Gasteiger partial charge on any atom is -0.550 e. The summed E-state index contributed by atoms with van der Waals surface area (Å²) in [6.07, 6.45) is 4.18. The maximum Gasteiger partial charge on any atom is 0.311 e. The van der Waals surface area contributed by atoms with Crippen LogP contribution in [0.2, 0.25) is 0 Å². The predicted octanol–water partition coefficient (Wildman–Crippen LogP) is 0.414. The molecular weight excluding hydrogens is 284 g/mol. The van der Waals surface area contributed by atoms with Crippen molar-refractivity contribution in [3.63, 3.8) is 0 Å². The van der Waals surface area contributed by atoms with E-state index in [2.05, 4.69) is 10.7 Å². The molecule has 6 heteroatoms. The molecule has 0 spiro atoms. The fourth-order valence-corrected chi connectivity index (χ4v) is 2.00. The smallest absolute Gasteiger partial charge is 0.311 e. The molecule has 0 radical (unpaired) electrons. The third-order valence-corrected chi connectivity index (χ3v) is 2.87. The number of aliphatic carboxylic acids is 1. The van der Waals surface area contributed by atoms with Gasteiger partial charge in [-0.2, -0.15) is 0 Å². The topological polar surface area (TPSA) is 110 Å². The second-order valence-corrected chi connectivity index (χ2v) is 4.84. The van der Waals surface area contributed by atoms with Crippen molar-refractivity contribution in [2.24, 2.45) is 0 Å². The van der Waals surface area contributed by atoms with Crippen LogP contribution in [0.4, 0.5) is 0 Å². The number of quaternary nitrogens is 1. The molecule has 22 heavy (non-hydrogen) atoms. The number of ether oxygens (including phenoxy) is 1. The number of rotatable bonds is 5. The molecular formula is C16H22N2O4. The molecule has 0 aliphatic heterocycles. The summed E-state index contributed by atoms with van der Waals surface area (Å²) in [7, 11) is 0. The van der Waals surface area contributed by atoms with Crippen LogP contribution in [-0.4, -0.2) is 23.5 Å². The summed E-state index contributed by atoms with van der Waals surface area (Å²) in [4.78, 5) is 23.6. The highest BCUT2D eigenvalue weighted by atomic mass is 16.5. The SMILES string of the molecule is CC(=O)[O-].CCCC(=O)Oc1ccc2[nH]cc(CC[NH3+])c2c1. The number of fused-ring (bicyclic) bond motifs is 1. The van der Waals surface area contributed by atoms with Crippen molar-refractivity contribution in [2.75, 3.05) is 6.54 Å². The van der Waals surface area contributed by atoms with Gasteiger partial charge in [0.2, 0.25) is 0 Å². The van der Waals surface area contributed by atoms with E-state index in [1.807, 2.05) is 31.3 Å². The van der Waals surface area contributed by atoms with Gasteiger partial charge in [0.15, 0.2) is 0 Å². The molecule has 1 aromatic carbocycles. The summed E-state index contributed by atoms with van der Waals surface area (Å²) < 4.78 is 5.30. The summed E-state index contributed by atoms with van der Waals surface area (Å²) in [6.45, 7) is 3.79. The largest absolute Gasteiger partial charge is 0.550 e. The Morgan fingerprint density at radius 1 is 1.36 bits per heavy atom. The van der Waals surface area contributed by atoms with Crippen LogP contribution in [0.15, 0.2) is 24.4 Å². The van der Waals surface area contributed by atoms with Gasteiger partial charge in [-0.15, -0.1) is 0 Å². The summed E-state index contributed by atoms with van der Waals surface area (Å²) in [6, 6.07) is 5.68. The monoisotopic (exact) mass is 306 g/mol. The van der Waals surface area contributed by atoms with Crippen molar-refractivity contribution >= 4 is 22.8 Å². The van der Waals surface area contributed by atoms with Crippen molar-refractivity contribution in [2.45, 2.75) is 33.1 Å². The molecule has 1 heterocycles. The number of hydrogen-bond acceptors (Lipinski definition) is 4. The van der Waals surface area contributed by atoms with Gasteiger partial charge in [-0.3, -0.25) is 4.79 Å². The number of hydrogen-bond donors (Lipinski definition) is 2. The number of carboxylic acids is 1. The molecule has 0 bridgehead atoms. The number of H-pyrrole nitrogens is 1. The summed E-state index contributed by atoms with van der Waals surface area (Å²) in [5.74, 6) is -0.642. The highest BCUT2D eigenvalue weighted by Gasteiger charge is 2.08. The van der Waals surface area contributed by atoms with E-state index in [-0.39, 0.29) is 5.97 Å². The van der Waals surface area contributed by atoms with Gasteiger partial charge >= 0.3 is 5.97 Å². The Morgan fingerprint density at radius 3 is 2.64 bits per heavy atom. The van der Waals surface area contributed by atoms with Crippen molar-refractivity contribution in [1.82, 2.24) is 4.98 Å². The van der Waals surface area contributed by atoms with E-state index in [9.17, 15) is 4.79 Å². The van der Waals surface area contributed by atoms with Gasteiger partial charge in [-0.25, -0.2) is 0 Å². The van der Waals surface area contributed by atoms with Crippen molar-refractivity contribution in [3.05, 3.63) is 30.0 Å². The zero-order valence-corrected chi connectivity index (χ0v) is 13.0. The Labute approximate surface area is 129 Å². The average molecular weight is 306 g/mol. The lowest BCUT2D eigenvalue weighted by molar-refractivity contribution is -0.366. The Balaban J connectivity index is 0.000000541. The van der Waals surface area contributed by atoms with Gasteiger partial charge in [-0.1, -0.05) is 6.92 Å². The highest BCUT2D eigenvalue weighted by Crippen LogP contribution is 2.24. The molecule has 0 aliphatic rings. The zero-order chi connectivity index (χ0) is 16.5. The molecule has 2 aromatic rings. The number of nitrogens with one attached hydrogen (secondary N) is 1. The molecule has 0 saturated carbocycles. The van der Waals surface area contributed by atoms with Gasteiger partial charge in [0.05, 0.1) is 6.54 Å². The first-order chi connectivity index (χ1) is 10.5. The number of carbonyl (C=O) groups excluding carboxylic acids is 2. The van der Waals surface area contributed by atoms with Crippen LogP contribution in [0.5, 0.6) is 5.75 Å². The van der Waals surface area contributed by atoms with E-state index in [0.29, 0.717) is 12.2 Å². The molecule has 0 amide bonds. The summed E-state index contributed by atoms with van der Waals surface area (Å²) in [5.41, 5.74) is 6.14. The van der Waals surface area contributed by atoms with E-state index in [0.717, 1.165) is 37.2 Å². The van der Waals surface area contributed by atoms with E-state index in [1.54, 1.807) is 0 Å². The molecule has 2 rings (SSSR count). The lowest BCUT2D eigenvalue weighted by Gasteiger charge is -2.04. The fraction of sp³-hybridized carbons (Fsp3) is 0.375. The predicted molar refractivity (Wildman–Crippen MR) is 81.0 cm³/mol. The highest BCUT2D eigenvalue weighted by molar-refractivity contribution is 5.85. The molecule has 1 aromatic heterocycles. The molecule has 0 saturated heterocycles. The van der Waals surface area contributed by atoms with Crippen LogP contribution in [0.3, 0.4) is 0 Å². The first kappa shape index (κ1) is 17.7. The molecule has 0 atom stereocenters. The molecule has 120 valence electrons. The molecule has 6 nitrogen and oxygen atoms in total. The number of carbonyl (C=O) groups is 2. The number of aromatic nitrogens is 1. The maximum atomic E-state index is 11.5. The molecule has 0 fully saturated rings. The maximum absolute atomic E-state index is 11.5. The second kappa shape index (κ2) is 8.84. The van der Waals surface area contributed by atoms with Gasteiger partial charge in [0.1, 0.15) is 5.75 Å². The standard InChI is InChI=1S/C14H18N2O2.C2H4O2/c1-2-3-14(17)18-11-4-5-13-12(8-11)10(6-7-15)9-16-13;1-2(3)4/h4-5,8-9,16H,2-3,6-7,15H2,1H3;1H3,(H,3,4). The van der Waals surface area contributed by atoms with Crippen molar-refractivity contribution in [1.29, 1.82) is 0 Å². The molecule has 4 N–H and O–H groups in total. The normalized spacial score (nSPS) is 9.95. The van der Waals surface area contributed by atoms with E-state index in [4.69, 9.17) is 14.6 Å². The van der Waals surface area contributed by atoms with Crippen LogP contribution < -0.4 is 15.6 Å². The van der Waals surface area contributed by atoms with E-state index < -0.39 is 5.97 Å². The number of benzene rings is 1. The third kappa shape index (κ3) is 5.57. The van der Waals surface area contributed by atoms with Crippen LogP contribution in [0, 0.1) is 0 Å². The van der Waals surface area contributed by atoms with Crippen LogP contribution in [-0.2, 0) is 16.0 Å². The number of aromatic amines is 1. The minimum absolute atomic E-state index is 0.175. The lowest BCUT2D eigenvalue weighted by atomic mass is 10.1. The summed E-state index contributed by atoms with van der Waals surface area (Å²) >= 11 is 0. The van der Waals surface area contributed by atoms with Crippen LogP contribution in [0.25, 0.3) is 10.9 Å². The van der Waals surface area contributed by atoms with Gasteiger partial charge in [0, 0.05) is 35.9 Å². The van der Waals surface area contributed by atoms with Crippen LogP contribution in [0.1, 0.15) is 32.3 Å². The Bertz CT molecular complexity index is 630. The lowest BCUT2D eigenvalue weighted by Crippen LogP contribution is -2.51. The Morgan fingerprint density at radius 2 is 2.05 bits per heavy atom. The zero-order valence-electron chi connectivity index (χ0n) is 13.0. The third-order valence-electron chi connectivity index (χ3n) is 2.87.